The van der Waals surface area contributed by atoms with Gasteiger partial charge in [-0.1, -0.05) is 6.07 Å². The van der Waals surface area contributed by atoms with Gasteiger partial charge in [0, 0.05) is 16.8 Å². The number of hydrogen-bond donors (Lipinski definition) is 2. The second-order valence-electron chi connectivity index (χ2n) is 6.04. The smallest absolute Gasteiger partial charge is 0.255 e. The lowest BCUT2D eigenvalue weighted by molar-refractivity contribution is 0.101. The zero-order valence-electron chi connectivity index (χ0n) is 15.5. The van der Waals surface area contributed by atoms with Crippen LogP contribution in [0.4, 0.5) is 20.2 Å². The number of ether oxygens (including phenoxy) is 1. The zero-order chi connectivity index (χ0) is 20.8. The van der Waals surface area contributed by atoms with Crippen LogP contribution in [0.25, 0.3) is 0 Å². The number of anilines is 2. The SMILES string of the molecule is CCOc1ccc(NC(=O)c2ccc(C(=O)Nc3c(F)cccc3F)cc2)cc1. The van der Waals surface area contributed by atoms with Crippen LogP contribution in [0.5, 0.6) is 5.75 Å². The highest BCUT2D eigenvalue weighted by Gasteiger charge is 2.14. The predicted octanol–water partition coefficient (Wildman–Crippen LogP) is 4.87. The second kappa shape index (κ2) is 8.97. The Morgan fingerprint density at radius 3 is 1.83 bits per heavy atom. The highest BCUT2D eigenvalue weighted by atomic mass is 19.1. The van der Waals surface area contributed by atoms with Crippen LogP contribution in [0, 0.1) is 11.6 Å². The topological polar surface area (TPSA) is 67.4 Å². The quantitative estimate of drug-likeness (QED) is 0.625. The molecule has 0 aliphatic rings. The van der Waals surface area contributed by atoms with Crippen molar-refractivity contribution in [3.63, 3.8) is 0 Å². The molecule has 0 fully saturated rings. The van der Waals surface area contributed by atoms with Gasteiger partial charge in [-0.15, -0.1) is 0 Å². The number of rotatable bonds is 6. The number of amides is 2. The summed E-state index contributed by atoms with van der Waals surface area (Å²) >= 11 is 0. The molecule has 2 amide bonds. The van der Waals surface area contributed by atoms with Crippen LogP contribution in [-0.4, -0.2) is 18.4 Å². The molecule has 29 heavy (non-hydrogen) atoms. The first-order valence-corrected chi connectivity index (χ1v) is 8.87. The molecule has 0 aliphatic heterocycles. The third kappa shape index (κ3) is 4.95. The summed E-state index contributed by atoms with van der Waals surface area (Å²) in [7, 11) is 0. The normalized spacial score (nSPS) is 10.3. The molecule has 7 heteroatoms. The Morgan fingerprint density at radius 1 is 0.793 bits per heavy atom. The minimum Gasteiger partial charge on any atom is -0.494 e. The Morgan fingerprint density at radius 2 is 1.31 bits per heavy atom. The minimum absolute atomic E-state index is 0.158. The van der Waals surface area contributed by atoms with Gasteiger partial charge in [0.15, 0.2) is 0 Å². The molecule has 0 aliphatic carbocycles. The molecule has 0 saturated carbocycles. The van der Waals surface area contributed by atoms with Gasteiger partial charge in [-0.3, -0.25) is 9.59 Å². The molecule has 0 unspecified atom stereocenters. The third-order valence-electron chi connectivity index (χ3n) is 4.03. The Kier molecular flexibility index (Phi) is 6.19. The summed E-state index contributed by atoms with van der Waals surface area (Å²) < 4.78 is 32.7. The zero-order valence-corrected chi connectivity index (χ0v) is 15.5. The van der Waals surface area contributed by atoms with Crippen molar-refractivity contribution >= 4 is 23.2 Å². The Labute approximate surface area is 166 Å². The van der Waals surface area contributed by atoms with E-state index in [1.165, 1.54) is 30.3 Å². The van der Waals surface area contributed by atoms with Gasteiger partial charge < -0.3 is 15.4 Å². The summed E-state index contributed by atoms with van der Waals surface area (Å²) in [5, 5.41) is 4.93. The molecule has 5 nitrogen and oxygen atoms in total. The number of para-hydroxylation sites is 1. The average molecular weight is 396 g/mol. The molecule has 0 heterocycles. The fourth-order valence-corrected chi connectivity index (χ4v) is 2.58. The maximum Gasteiger partial charge on any atom is 0.255 e. The average Bonchev–Trinajstić information content (AvgIpc) is 2.72. The summed E-state index contributed by atoms with van der Waals surface area (Å²) in [5.41, 5.74) is 0.558. The maximum atomic E-state index is 13.7. The molecule has 148 valence electrons. The van der Waals surface area contributed by atoms with E-state index in [1.807, 2.05) is 6.92 Å². The molecule has 0 saturated heterocycles. The van der Waals surface area contributed by atoms with Crippen molar-refractivity contribution in [3.05, 3.63) is 89.5 Å². The highest BCUT2D eigenvalue weighted by molar-refractivity contribution is 6.07. The van der Waals surface area contributed by atoms with E-state index in [2.05, 4.69) is 10.6 Å². The van der Waals surface area contributed by atoms with Crippen molar-refractivity contribution in [2.75, 3.05) is 17.2 Å². The van der Waals surface area contributed by atoms with Gasteiger partial charge in [0.25, 0.3) is 11.8 Å². The summed E-state index contributed by atoms with van der Waals surface area (Å²) in [6.07, 6.45) is 0. The lowest BCUT2D eigenvalue weighted by atomic mass is 10.1. The van der Waals surface area contributed by atoms with Crippen LogP contribution in [-0.2, 0) is 0 Å². The van der Waals surface area contributed by atoms with E-state index in [0.717, 1.165) is 12.1 Å². The minimum atomic E-state index is -0.871. The Balaban J connectivity index is 1.66. The van der Waals surface area contributed by atoms with Gasteiger partial charge in [0.2, 0.25) is 0 Å². The van der Waals surface area contributed by atoms with Gasteiger partial charge in [-0.25, -0.2) is 8.78 Å². The van der Waals surface area contributed by atoms with E-state index in [-0.39, 0.29) is 11.5 Å². The lowest BCUT2D eigenvalue weighted by Crippen LogP contribution is -2.15. The van der Waals surface area contributed by atoms with Gasteiger partial charge in [-0.05, 0) is 67.6 Å². The van der Waals surface area contributed by atoms with Crippen molar-refractivity contribution < 1.29 is 23.1 Å². The number of halogens is 2. The number of nitrogens with one attached hydrogen (secondary N) is 2. The van der Waals surface area contributed by atoms with Crippen LogP contribution >= 0.6 is 0 Å². The molecular formula is C22H18F2N2O3. The van der Waals surface area contributed by atoms with Crippen molar-refractivity contribution in [3.8, 4) is 5.75 Å². The maximum absolute atomic E-state index is 13.7. The van der Waals surface area contributed by atoms with Crippen molar-refractivity contribution in [2.24, 2.45) is 0 Å². The van der Waals surface area contributed by atoms with Crippen molar-refractivity contribution in [2.45, 2.75) is 6.92 Å². The van der Waals surface area contributed by atoms with Crippen LogP contribution < -0.4 is 15.4 Å². The van der Waals surface area contributed by atoms with E-state index in [9.17, 15) is 18.4 Å². The monoisotopic (exact) mass is 396 g/mol. The second-order valence-corrected chi connectivity index (χ2v) is 6.04. The fraction of sp³-hybridized carbons (Fsp3) is 0.0909. The van der Waals surface area contributed by atoms with Gasteiger partial charge in [0.1, 0.15) is 23.1 Å². The third-order valence-corrected chi connectivity index (χ3v) is 4.03. The molecule has 0 bridgehead atoms. The molecule has 3 rings (SSSR count). The number of carbonyl (C=O) groups is 2. The molecule has 3 aromatic carbocycles. The predicted molar refractivity (Wildman–Crippen MR) is 106 cm³/mol. The molecule has 2 N–H and O–H groups in total. The van der Waals surface area contributed by atoms with Crippen LogP contribution in [0.2, 0.25) is 0 Å². The lowest BCUT2D eigenvalue weighted by Gasteiger charge is -2.09. The molecular weight excluding hydrogens is 378 g/mol. The van der Waals surface area contributed by atoms with Crippen molar-refractivity contribution in [1.29, 1.82) is 0 Å². The van der Waals surface area contributed by atoms with E-state index in [4.69, 9.17) is 4.74 Å². The largest absolute Gasteiger partial charge is 0.494 e. The van der Waals surface area contributed by atoms with Gasteiger partial charge in [-0.2, -0.15) is 0 Å². The molecule has 3 aromatic rings. The number of hydrogen-bond acceptors (Lipinski definition) is 3. The molecule has 0 radical (unpaired) electrons. The van der Waals surface area contributed by atoms with Crippen molar-refractivity contribution in [1.82, 2.24) is 0 Å². The van der Waals surface area contributed by atoms with Gasteiger partial charge in [0.05, 0.1) is 6.61 Å². The molecule has 0 spiro atoms. The summed E-state index contributed by atoms with van der Waals surface area (Å²) in [6.45, 7) is 2.43. The van der Waals surface area contributed by atoms with Gasteiger partial charge >= 0.3 is 0 Å². The van der Waals surface area contributed by atoms with E-state index in [0.29, 0.717) is 23.6 Å². The van der Waals surface area contributed by atoms with Crippen LogP contribution in [0.1, 0.15) is 27.6 Å². The molecule has 0 atom stereocenters. The number of benzene rings is 3. The Hall–Kier alpha value is -3.74. The molecule has 0 aromatic heterocycles. The van der Waals surface area contributed by atoms with E-state index < -0.39 is 23.2 Å². The fourth-order valence-electron chi connectivity index (χ4n) is 2.58. The van der Waals surface area contributed by atoms with E-state index >= 15 is 0 Å². The van der Waals surface area contributed by atoms with Crippen LogP contribution in [0.15, 0.2) is 66.7 Å². The first-order chi connectivity index (χ1) is 14.0. The first kappa shape index (κ1) is 20.0. The summed E-state index contributed by atoms with van der Waals surface area (Å²) in [6, 6.07) is 15.9. The summed E-state index contributed by atoms with van der Waals surface area (Å²) in [5.74, 6) is -2.09. The van der Waals surface area contributed by atoms with E-state index in [1.54, 1.807) is 24.3 Å². The Bertz CT molecular complexity index is 999. The van der Waals surface area contributed by atoms with Crippen LogP contribution in [0.3, 0.4) is 0 Å². The summed E-state index contributed by atoms with van der Waals surface area (Å²) in [4.78, 5) is 24.6. The number of carbonyl (C=O) groups excluding carboxylic acids is 2. The first-order valence-electron chi connectivity index (χ1n) is 8.87. The highest BCUT2D eigenvalue weighted by Crippen LogP contribution is 2.20. The standard InChI is InChI=1S/C22H18F2N2O3/c1-2-29-17-12-10-16(11-13-17)25-21(27)14-6-8-15(9-7-14)22(28)26-20-18(23)4-3-5-19(20)24/h3-13H,2H2,1H3,(H,25,27)(H,26,28).